The number of anilines is 1. The molecule has 0 spiro atoms. The van der Waals surface area contributed by atoms with Crippen LogP contribution in [-0.4, -0.2) is 10.2 Å². The van der Waals surface area contributed by atoms with Crippen LogP contribution in [-0.2, 0) is 4.79 Å². The molecular formula is C17H12INOS2. The molecule has 0 unspecified atom stereocenters. The average molecular weight is 437 g/mol. The lowest BCUT2D eigenvalue weighted by Gasteiger charge is -2.14. The molecule has 0 aromatic heterocycles. The van der Waals surface area contributed by atoms with Crippen LogP contribution in [0.4, 0.5) is 5.69 Å². The van der Waals surface area contributed by atoms with E-state index in [2.05, 4.69) is 22.6 Å². The molecule has 110 valence electrons. The Morgan fingerprint density at radius 3 is 2.59 bits per heavy atom. The Morgan fingerprint density at radius 2 is 1.91 bits per heavy atom. The van der Waals surface area contributed by atoms with Crippen molar-refractivity contribution >= 4 is 68.6 Å². The molecule has 2 aromatic rings. The Hall–Kier alpha value is -1.18. The molecule has 2 aromatic carbocycles. The number of thioether (sulfide) groups is 1. The highest BCUT2D eigenvalue weighted by atomic mass is 127. The van der Waals surface area contributed by atoms with Gasteiger partial charge in [0.25, 0.3) is 5.91 Å². The summed E-state index contributed by atoms with van der Waals surface area (Å²) in [4.78, 5) is 14.9. The van der Waals surface area contributed by atoms with E-state index in [1.54, 1.807) is 4.90 Å². The van der Waals surface area contributed by atoms with Gasteiger partial charge in [-0.3, -0.25) is 9.69 Å². The lowest BCUT2D eigenvalue weighted by atomic mass is 10.2. The molecule has 1 heterocycles. The van der Waals surface area contributed by atoms with Gasteiger partial charge in [0.2, 0.25) is 0 Å². The zero-order chi connectivity index (χ0) is 15.7. The molecule has 1 aliphatic rings. The fraction of sp³-hybridized carbons (Fsp3) is 0.0588. The maximum absolute atomic E-state index is 12.6. The Kier molecular flexibility index (Phi) is 4.65. The fourth-order valence-corrected chi connectivity index (χ4v) is 3.83. The van der Waals surface area contributed by atoms with Gasteiger partial charge in [-0.2, -0.15) is 0 Å². The number of thiocarbonyl (C=S) groups is 1. The minimum Gasteiger partial charge on any atom is -0.268 e. The number of aryl methyl sites for hydroxylation is 1. The zero-order valence-electron chi connectivity index (χ0n) is 11.7. The molecule has 5 heteroatoms. The van der Waals surface area contributed by atoms with Crippen LogP contribution in [0.5, 0.6) is 0 Å². The van der Waals surface area contributed by atoms with Crippen LogP contribution < -0.4 is 4.90 Å². The topological polar surface area (TPSA) is 20.3 Å². The van der Waals surface area contributed by atoms with E-state index < -0.39 is 0 Å². The highest BCUT2D eigenvalue weighted by Gasteiger charge is 2.33. The predicted molar refractivity (Wildman–Crippen MR) is 106 cm³/mol. The van der Waals surface area contributed by atoms with Crippen LogP contribution in [0.3, 0.4) is 0 Å². The van der Waals surface area contributed by atoms with Gasteiger partial charge in [0.15, 0.2) is 4.32 Å². The summed E-state index contributed by atoms with van der Waals surface area (Å²) in [5.41, 5.74) is 2.94. The van der Waals surface area contributed by atoms with E-state index in [1.165, 1.54) is 15.3 Å². The molecule has 0 aliphatic carbocycles. The van der Waals surface area contributed by atoms with Crippen LogP contribution in [0.25, 0.3) is 6.08 Å². The minimum atomic E-state index is -0.0563. The summed E-state index contributed by atoms with van der Waals surface area (Å²) in [6.45, 7) is 2.00. The van der Waals surface area contributed by atoms with Gasteiger partial charge in [0.1, 0.15) is 0 Å². The van der Waals surface area contributed by atoms with Crippen LogP contribution in [0.2, 0.25) is 0 Å². The first kappa shape index (κ1) is 15.7. The van der Waals surface area contributed by atoms with Gasteiger partial charge < -0.3 is 0 Å². The van der Waals surface area contributed by atoms with Gasteiger partial charge in [-0.05, 0) is 71.0 Å². The van der Waals surface area contributed by atoms with E-state index >= 15 is 0 Å². The van der Waals surface area contributed by atoms with Gasteiger partial charge >= 0.3 is 0 Å². The molecule has 2 nitrogen and oxygen atoms in total. The predicted octanol–water partition coefficient (Wildman–Crippen LogP) is 5.01. The average Bonchev–Trinajstić information content (AvgIpc) is 2.76. The van der Waals surface area contributed by atoms with Crippen LogP contribution in [0.15, 0.2) is 53.4 Å². The molecule has 0 N–H and O–H groups in total. The summed E-state index contributed by atoms with van der Waals surface area (Å²) in [6.07, 6.45) is 1.89. The summed E-state index contributed by atoms with van der Waals surface area (Å²) in [6, 6.07) is 15.9. The van der Waals surface area contributed by atoms with Gasteiger partial charge in [-0.15, -0.1) is 0 Å². The molecule has 0 radical (unpaired) electrons. The fourth-order valence-electron chi connectivity index (χ4n) is 2.17. The van der Waals surface area contributed by atoms with Crippen molar-refractivity contribution in [3.05, 3.63) is 68.1 Å². The quantitative estimate of drug-likeness (QED) is 0.375. The van der Waals surface area contributed by atoms with Crippen LogP contribution in [0, 0.1) is 10.5 Å². The number of rotatable bonds is 2. The summed E-state index contributed by atoms with van der Waals surface area (Å²) < 4.78 is 1.74. The summed E-state index contributed by atoms with van der Waals surface area (Å²) in [5, 5.41) is 0. The van der Waals surface area contributed by atoms with Crippen LogP contribution >= 0.6 is 46.6 Å². The molecule has 22 heavy (non-hydrogen) atoms. The number of carbonyl (C=O) groups is 1. The van der Waals surface area contributed by atoms with Crippen molar-refractivity contribution in [3.63, 3.8) is 0 Å². The Bertz CT molecular complexity index is 784. The van der Waals surface area contributed by atoms with E-state index in [1.807, 2.05) is 61.5 Å². The van der Waals surface area contributed by atoms with Crippen molar-refractivity contribution in [1.82, 2.24) is 0 Å². The largest absolute Gasteiger partial charge is 0.270 e. The summed E-state index contributed by atoms with van der Waals surface area (Å²) >= 11 is 8.99. The van der Waals surface area contributed by atoms with Gasteiger partial charge in [0.05, 0.1) is 10.6 Å². The van der Waals surface area contributed by atoms with E-state index in [9.17, 15) is 4.79 Å². The van der Waals surface area contributed by atoms with Gasteiger partial charge in [-0.25, -0.2) is 0 Å². The number of hydrogen-bond donors (Lipinski definition) is 0. The number of nitrogens with zero attached hydrogens (tertiary/aromatic N) is 1. The Labute approximate surface area is 152 Å². The minimum absolute atomic E-state index is 0.0563. The lowest BCUT2D eigenvalue weighted by molar-refractivity contribution is -0.113. The van der Waals surface area contributed by atoms with Crippen molar-refractivity contribution in [2.75, 3.05) is 4.90 Å². The summed E-state index contributed by atoms with van der Waals surface area (Å²) in [5.74, 6) is -0.0563. The third-order valence-electron chi connectivity index (χ3n) is 3.22. The van der Waals surface area contributed by atoms with Crippen molar-refractivity contribution in [3.8, 4) is 0 Å². The Balaban J connectivity index is 1.93. The van der Waals surface area contributed by atoms with Gasteiger partial charge in [-0.1, -0.05) is 48.2 Å². The molecule has 1 fully saturated rings. The third kappa shape index (κ3) is 3.26. The van der Waals surface area contributed by atoms with Crippen molar-refractivity contribution in [2.45, 2.75) is 6.92 Å². The standard InChI is InChI=1S/C17H12INOS2/c1-11-3-2-4-14(9-11)19-16(20)15(22-17(19)21)10-12-5-7-13(18)8-6-12/h2-10H,1H3/b15-10-. The number of halogens is 1. The first-order chi connectivity index (χ1) is 10.5. The highest BCUT2D eigenvalue weighted by molar-refractivity contribution is 14.1. The molecule has 1 saturated heterocycles. The first-order valence-corrected chi connectivity index (χ1v) is 8.95. The highest BCUT2D eigenvalue weighted by Crippen LogP contribution is 2.36. The van der Waals surface area contributed by atoms with E-state index in [0.717, 1.165) is 16.8 Å². The number of carbonyl (C=O) groups excluding carboxylic acids is 1. The van der Waals surface area contributed by atoms with Crippen molar-refractivity contribution < 1.29 is 4.79 Å². The maximum Gasteiger partial charge on any atom is 0.270 e. The maximum atomic E-state index is 12.6. The molecular weight excluding hydrogens is 425 g/mol. The van der Waals surface area contributed by atoms with E-state index in [0.29, 0.717) is 9.23 Å². The lowest BCUT2D eigenvalue weighted by Crippen LogP contribution is -2.27. The SMILES string of the molecule is Cc1cccc(N2C(=O)/C(=C/c3ccc(I)cc3)SC2=S)c1. The number of benzene rings is 2. The molecule has 3 rings (SSSR count). The van der Waals surface area contributed by atoms with Gasteiger partial charge in [0, 0.05) is 3.57 Å². The second kappa shape index (κ2) is 6.52. The molecule has 0 atom stereocenters. The zero-order valence-corrected chi connectivity index (χ0v) is 15.5. The van der Waals surface area contributed by atoms with E-state index in [-0.39, 0.29) is 5.91 Å². The number of amides is 1. The normalized spacial score (nSPS) is 16.6. The molecule has 0 bridgehead atoms. The summed E-state index contributed by atoms with van der Waals surface area (Å²) in [7, 11) is 0. The van der Waals surface area contributed by atoms with Crippen LogP contribution in [0.1, 0.15) is 11.1 Å². The van der Waals surface area contributed by atoms with Crippen molar-refractivity contribution in [1.29, 1.82) is 0 Å². The number of hydrogen-bond acceptors (Lipinski definition) is 3. The smallest absolute Gasteiger partial charge is 0.268 e. The van der Waals surface area contributed by atoms with Crippen molar-refractivity contribution in [2.24, 2.45) is 0 Å². The first-order valence-electron chi connectivity index (χ1n) is 6.65. The molecule has 1 amide bonds. The van der Waals surface area contributed by atoms with E-state index in [4.69, 9.17) is 12.2 Å². The molecule has 0 saturated carbocycles. The Morgan fingerprint density at radius 1 is 1.18 bits per heavy atom. The second-order valence-electron chi connectivity index (χ2n) is 4.91. The monoisotopic (exact) mass is 437 g/mol. The second-order valence-corrected chi connectivity index (χ2v) is 7.83. The molecule has 1 aliphatic heterocycles. The third-order valence-corrected chi connectivity index (χ3v) is 5.24.